The number of rotatable bonds is 9. The SMILES string of the molecule is CCOCCN[C@H]1CC[C@H](c2cnc3c(c2)c(-c2cnn(C)c2)cn3S(=O)(=O)c2ccccc2)CC1. The van der Waals surface area contributed by atoms with Gasteiger partial charge in [-0.15, -0.1) is 0 Å². The first kappa shape index (κ1) is 24.7. The standard InChI is InChI=1S/C27H33N5O3S/c1-3-35-14-13-28-23-11-9-20(10-12-23)21-15-25-26(22-17-30-31(2)18-22)19-32(27(25)29-16-21)36(33,34)24-7-5-4-6-8-24/h4-8,15-20,23,28H,3,9-14H2,1-2H3/t20-,23-. The zero-order valence-corrected chi connectivity index (χ0v) is 21.6. The molecular formula is C27H33N5O3S. The molecule has 1 N–H and O–H groups in total. The van der Waals surface area contributed by atoms with E-state index in [2.05, 4.69) is 16.5 Å². The molecule has 1 fully saturated rings. The maximum Gasteiger partial charge on any atom is 0.269 e. The number of ether oxygens (including phenoxy) is 1. The molecule has 0 atom stereocenters. The molecule has 3 heterocycles. The number of hydrogen-bond donors (Lipinski definition) is 1. The van der Waals surface area contributed by atoms with E-state index in [0.29, 0.717) is 17.6 Å². The molecule has 0 saturated heterocycles. The number of nitrogens with zero attached hydrogens (tertiary/aromatic N) is 4. The van der Waals surface area contributed by atoms with Gasteiger partial charge in [0.1, 0.15) is 0 Å². The molecule has 1 saturated carbocycles. The third kappa shape index (κ3) is 4.96. The van der Waals surface area contributed by atoms with Crippen molar-refractivity contribution in [1.29, 1.82) is 0 Å². The van der Waals surface area contributed by atoms with Crippen molar-refractivity contribution < 1.29 is 13.2 Å². The Morgan fingerprint density at radius 3 is 2.56 bits per heavy atom. The zero-order chi connectivity index (χ0) is 25.1. The van der Waals surface area contributed by atoms with Crippen LogP contribution in [0, 0.1) is 0 Å². The molecule has 0 radical (unpaired) electrons. The van der Waals surface area contributed by atoms with Crippen molar-refractivity contribution in [3.63, 3.8) is 0 Å². The third-order valence-corrected chi connectivity index (χ3v) is 8.70. The third-order valence-electron chi connectivity index (χ3n) is 7.03. The number of pyridine rings is 1. The number of fused-ring (bicyclic) bond motifs is 1. The Kier molecular flexibility index (Phi) is 7.22. The van der Waals surface area contributed by atoms with Crippen LogP contribution in [-0.4, -0.2) is 53.0 Å². The Morgan fingerprint density at radius 1 is 1.08 bits per heavy atom. The maximum absolute atomic E-state index is 13.5. The first-order valence-electron chi connectivity index (χ1n) is 12.6. The van der Waals surface area contributed by atoms with E-state index in [1.807, 2.05) is 32.4 Å². The Balaban J connectivity index is 1.47. The normalized spacial score (nSPS) is 18.6. The van der Waals surface area contributed by atoms with Crippen molar-refractivity contribution in [3.8, 4) is 11.1 Å². The van der Waals surface area contributed by atoms with Crippen LogP contribution in [0.3, 0.4) is 0 Å². The summed E-state index contributed by atoms with van der Waals surface area (Å²) in [6.07, 6.45) is 11.6. The van der Waals surface area contributed by atoms with Gasteiger partial charge >= 0.3 is 0 Å². The average molecular weight is 508 g/mol. The van der Waals surface area contributed by atoms with Gasteiger partial charge in [-0.1, -0.05) is 18.2 Å². The topological polar surface area (TPSA) is 91.0 Å². The number of aryl methyl sites for hydroxylation is 1. The van der Waals surface area contributed by atoms with Gasteiger partial charge in [0.05, 0.1) is 17.7 Å². The molecule has 0 unspecified atom stereocenters. The fraction of sp³-hybridized carbons (Fsp3) is 0.407. The fourth-order valence-electron chi connectivity index (χ4n) is 5.11. The summed E-state index contributed by atoms with van der Waals surface area (Å²) < 4.78 is 35.5. The van der Waals surface area contributed by atoms with Crippen LogP contribution in [0.4, 0.5) is 0 Å². The van der Waals surface area contributed by atoms with E-state index in [1.54, 1.807) is 41.3 Å². The number of hydrogen-bond acceptors (Lipinski definition) is 6. The molecule has 0 bridgehead atoms. The molecule has 0 aliphatic heterocycles. The Labute approximate surface area is 212 Å². The average Bonchev–Trinajstić information content (AvgIpc) is 3.51. The van der Waals surface area contributed by atoms with Crippen LogP contribution in [0.2, 0.25) is 0 Å². The minimum atomic E-state index is -3.80. The number of benzene rings is 1. The van der Waals surface area contributed by atoms with Gasteiger partial charge in [-0.25, -0.2) is 17.4 Å². The Bertz CT molecular complexity index is 1420. The van der Waals surface area contributed by atoms with E-state index in [9.17, 15) is 8.42 Å². The van der Waals surface area contributed by atoms with Crippen molar-refractivity contribution in [2.24, 2.45) is 7.05 Å². The molecule has 1 aliphatic carbocycles. The van der Waals surface area contributed by atoms with Crippen LogP contribution >= 0.6 is 0 Å². The molecule has 1 aliphatic rings. The van der Waals surface area contributed by atoms with Crippen LogP contribution < -0.4 is 5.32 Å². The lowest BCUT2D eigenvalue weighted by atomic mass is 9.82. The van der Waals surface area contributed by atoms with Gasteiger partial charge in [0.2, 0.25) is 0 Å². The second kappa shape index (κ2) is 10.5. The molecule has 9 heteroatoms. The minimum absolute atomic E-state index is 0.237. The van der Waals surface area contributed by atoms with E-state index >= 15 is 0 Å². The summed E-state index contributed by atoms with van der Waals surface area (Å²) in [5.74, 6) is 0.405. The highest BCUT2D eigenvalue weighted by Gasteiger charge is 2.26. The molecule has 4 aromatic rings. The van der Waals surface area contributed by atoms with E-state index < -0.39 is 10.0 Å². The van der Waals surface area contributed by atoms with Crippen molar-refractivity contribution in [3.05, 3.63) is 66.7 Å². The molecule has 36 heavy (non-hydrogen) atoms. The van der Waals surface area contributed by atoms with Crippen molar-refractivity contribution in [2.75, 3.05) is 19.8 Å². The van der Waals surface area contributed by atoms with E-state index in [1.165, 1.54) is 3.97 Å². The molecule has 1 aromatic carbocycles. The molecular weight excluding hydrogens is 474 g/mol. The van der Waals surface area contributed by atoms with Crippen LogP contribution in [0.25, 0.3) is 22.2 Å². The highest BCUT2D eigenvalue weighted by Crippen LogP contribution is 2.37. The quantitative estimate of drug-likeness (QED) is 0.339. The van der Waals surface area contributed by atoms with Crippen LogP contribution in [0.5, 0.6) is 0 Å². The summed E-state index contributed by atoms with van der Waals surface area (Å²) in [6.45, 7) is 4.39. The van der Waals surface area contributed by atoms with Crippen molar-refractivity contribution in [1.82, 2.24) is 24.1 Å². The van der Waals surface area contributed by atoms with Gasteiger partial charge in [-0.2, -0.15) is 5.10 Å². The lowest BCUT2D eigenvalue weighted by Crippen LogP contribution is -2.35. The molecule has 5 rings (SSSR count). The summed E-state index contributed by atoms with van der Waals surface area (Å²) >= 11 is 0. The maximum atomic E-state index is 13.5. The molecule has 0 amide bonds. The van der Waals surface area contributed by atoms with Crippen LogP contribution in [0.15, 0.2) is 66.1 Å². The largest absolute Gasteiger partial charge is 0.380 e. The second-order valence-corrected chi connectivity index (χ2v) is 11.2. The van der Waals surface area contributed by atoms with E-state index in [4.69, 9.17) is 9.72 Å². The molecule has 0 spiro atoms. The molecule has 8 nitrogen and oxygen atoms in total. The summed E-state index contributed by atoms with van der Waals surface area (Å²) in [5, 5.41) is 8.74. The Hall–Kier alpha value is -3.01. The van der Waals surface area contributed by atoms with E-state index in [-0.39, 0.29) is 4.90 Å². The highest BCUT2D eigenvalue weighted by molar-refractivity contribution is 7.90. The van der Waals surface area contributed by atoms with Gasteiger partial charge in [0.25, 0.3) is 10.0 Å². The first-order chi connectivity index (χ1) is 17.5. The van der Waals surface area contributed by atoms with Crippen molar-refractivity contribution >= 4 is 21.1 Å². The van der Waals surface area contributed by atoms with Gasteiger partial charge in [-0.05, 0) is 62.3 Å². The summed E-state index contributed by atoms with van der Waals surface area (Å²) in [5.41, 5.74) is 3.28. The molecule has 190 valence electrons. The lowest BCUT2D eigenvalue weighted by molar-refractivity contribution is 0.144. The Morgan fingerprint density at radius 2 is 1.86 bits per heavy atom. The second-order valence-electron chi connectivity index (χ2n) is 9.40. The zero-order valence-electron chi connectivity index (χ0n) is 20.8. The van der Waals surface area contributed by atoms with Gasteiger partial charge in [-0.3, -0.25) is 4.68 Å². The number of aromatic nitrogens is 4. The van der Waals surface area contributed by atoms with Crippen LogP contribution in [-0.2, 0) is 21.8 Å². The van der Waals surface area contributed by atoms with Gasteiger partial charge in [0, 0.05) is 61.3 Å². The van der Waals surface area contributed by atoms with Crippen molar-refractivity contribution in [2.45, 2.75) is 49.5 Å². The van der Waals surface area contributed by atoms with Crippen LogP contribution in [0.1, 0.15) is 44.1 Å². The highest BCUT2D eigenvalue weighted by atomic mass is 32.2. The summed E-state index contributed by atoms with van der Waals surface area (Å²) in [4.78, 5) is 4.95. The summed E-state index contributed by atoms with van der Waals surface area (Å²) in [6, 6.07) is 11.1. The predicted octanol–water partition coefficient (Wildman–Crippen LogP) is 4.33. The monoisotopic (exact) mass is 507 g/mol. The number of nitrogens with one attached hydrogen (secondary N) is 1. The van der Waals surface area contributed by atoms with Gasteiger partial charge < -0.3 is 10.1 Å². The van der Waals surface area contributed by atoms with E-state index in [0.717, 1.165) is 67.5 Å². The smallest absolute Gasteiger partial charge is 0.269 e. The summed E-state index contributed by atoms with van der Waals surface area (Å²) in [7, 11) is -1.94. The minimum Gasteiger partial charge on any atom is -0.380 e. The van der Waals surface area contributed by atoms with Gasteiger partial charge in [0.15, 0.2) is 5.65 Å². The predicted molar refractivity (Wildman–Crippen MR) is 140 cm³/mol. The lowest BCUT2D eigenvalue weighted by Gasteiger charge is -2.29. The fourth-order valence-corrected chi connectivity index (χ4v) is 6.45. The molecule has 3 aromatic heterocycles. The first-order valence-corrected chi connectivity index (χ1v) is 14.0.